The first-order chi connectivity index (χ1) is 16.6. The fraction of sp³-hybridized carbons (Fsp3) is 0.615. The summed E-state index contributed by atoms with van der Waals surface area (Å²) in [6, 6.07) is 4.69. The van der Waals surface area contributed by atoms with E-state index in [2.05, 4.69) is 22.1 Å². The normalized spacial score (nSPS) is 17.3. The molecule has 1 aromatic carbocycles. The van der Waals surface area contributed by atoms with Crippen LogP contribution in [0.1, 0.15) is 54.3 Å². The van der Waals surface area contributed by atoms with Gasteiger partial charge in [0, 0.05) is 30.6 Å². The monoisotopic (exact) mass is 486 g/mol. The molecule has 0 spiro atoms. The molecule has 1 aromatic heterocycles. The lowest BCUT2D eigenvalue weighted by Gasteiger charge is -2.34. The Morgan fingerprint density at radius 1 is 1.18 bits per heavy atom. The Labute approximate surface area is 207 Å². The molecule has 0 saturated heterocycles. The number of benzene rings is 1. The maximum Gasteiger partial charge on any atom is 0.317 e. The Kier molecular flexibility index (Phi) is 8.67. The summed E-state index contributed by atoms with van der Waals surface area (Å²) in [5, 5.41) is 3.14. The minimum atomic E-state index is 0.0239. The Bertz CT molecular complexity index is 964. The number of urea groups is 1. The molecular formula is C26H38N4O3S. The molecule has 186 valence electrons. The van der Waals surface area contributed by atoms with Crippen LogP contribution in [0.5, 0.6) is 11.5 Å². The molecule has 0 bridgehead atoms. The third-order valence-corrected chi connectivity index (χ3v) is 7.94. The fourth-order valence-electron chi connectivity index (χ4n) is 5.16. The number of carbonyl (C=O) groups is 1. The van der Waals surface area contributed by atoms with Crippen molar-refractivity contribution in [3.8, 4) is 11.5 Å². The van der Waals surface area contributed by atoms with Crippen molar-refractivity contribution < 1.29 is 14.3 Å². The fourth-order valence-corrected chi connectivity index (χ4v) is 6.05. The highest BCUT2D eigenvalue weighted by Crippen LogP contribution is 2.33. The number of thiazole rings is 1. The molecule has 1 aliphatic heterocycles. The van der Waals surface area contributed by atoms with E-state index in [4.69, 9.17) is 9.47 Å². The van der Waals surface area contributed by atoms with Gasteiger partial charge < -0.3 is 24.6 Å². The van der Waals surface area contributed by atoms with Gasteiger partial charge in [0.1, 0.15) is 0 Å². The quantitative estimate of drug-likeness (QED) is 0.508. The van der Waals surface area contributed by atoms with Gasteiger partial charge in [-0.15, -0.1) is 11.3 Å². The summed E-state index contributed by atoms with van der Waals surface area (Å²) in [5.74, 6) is 1.46. The largest absolute Gasteiger partial charge is 0.493 e. The molecular weight excluding hydrogens is 448 g/mol. The molecule has 1 atom stereocenters. The molecule has 2 aliphatic rings. The van der Waals surface area contributed by atoms with Crippen molar-refractivity contribution in [2.45, 2.75) is 64.5 Å². The molecule has 2 amide bonds. The van der Waals surface area contributed by atoms with Crippen LogP contribution >= 0.6 is 11.3 Å². The van der Waals surface area contributed by atoms with Crippen LogP contribution in [0.2, 0.25) is 0 Å². The molecule has 0 saturated carbocycles. The van der Waals surface area contributed by atoms with Gasteiger partial charge in [-0.2, -0.15) is 0 Å². The first-order valence-electron chi connectivity index (χ1n) is 12.5. The third-order valence-electron chi connectivity index (χ3n) is 7.04. The Balaban J connectivity index is 1.20. The van der Waals surface area contributed by atoms with Gasteiger partial charge in [-0.05, 0) is 81.3 Å². The zero-order valence-electron chi connectivity index (χ0n) is 20.8. The SMILES string of the molecule is CCCN(CCCCNC(=O)N1CCc2cc(OC)c(OC)cc2C1)C1CCc2ncsc2C1. The van der Waals surface area contributed by atoms with Crippen molar-refractivity contribution in [2.75, 3.05) is 40.4 Å². The van der Waals surface area contributed by atoms with Crippen molar-refractivity contribution in [1.82, 2.24) is 20.1 Å². The number of ether oxygens (including phenoxy) is 2. The van der Waals surface area contributed by atoms with Gasteiger partial charge in [0.15, 0.2) is 11.5 Å². The maximum absolute atomic E-state index is 12.8. The number of fused-ring (bicyclic) bond motifs is 2. The van der Waals surface area contributed by atoms with Gasteiger partial charge in [0.2, 0.25) is 0 Å². The summed E-state index contributed by atoms with van der Waals surface area (Å²) in [6.45, 7) is 6.55. The maximum atomic E-state index is 12.8. The molecule has 7 nitrogen and oxygen atoms in total. The molecule has 0 fully saturated rings. The van der Waals surface area contributed by atoms with Crippen LogP contribution in [0.3, 0.4) is 0 Å². The zero-order chi connectivity index (χ0) is 23.9. The topological polar surface area (TPSA) is 66.9 Å². The van der Waals surface area contributed by atoms with Crippen LogP contribution < -0.4 is 14.8 Å². The van der Waals surface area contributed by atoms with Crippen molar-refractivity contribution in [1.29, 1.82) is 0 Å². The molecule has 2 aromatic rings. The first kappa shape index (κ1) is 24.8. The lowest BCUT2D eigenvalue weighted by atomic mass is 9.96. The van der Waals surface area contributed by atoms with Gasteiger partial charge in [0.05, 0.1) is 25.4 Å². The first-order valence-corrected chi connectivity index (χ1v) is 13.4. The smallest absolute Gasteiger partial charge is 0.317 e. The summed E-state index contributed by atoms with van der Waals surface area (Å²) < 4.78 is 10.8. The summed E-state index contributed by atoms with van der Waals surface area (Å²) in [4.78, 5) is 23.3. The molecule has 2 heterocycles. The van der Waals surface area contributed by atoms with Crippen molar-refractivity contribution in [2.24, 2.45) is 0 Å². The average molecular weight is 487 g/mol. The highest BCUT2D eigenvalue weighted by molar-refractivity contribution is 7.09. The predicted molar refractivity (Wildman–Crippen MR) is 136 cm³/mol. The second-order valence-corrected chi connectivity index (χ2v) is 10.2. The van der Waals surface area contributed by atoms with E-state index in [1.165, 1.54) is 29.0 Å². The number of hydrogen-bond acceptors (Lipinski definition) is 6. The summed E-state index contributed by atoms with van der Waals surface area (Å²) >= 11 is 1.81. The molecule has 4 rings (SSSR count). The van der Waals surface area contributed by atoms with Crippen LogP contribution in [-0.2, 0) is 25.8 Å². The molecule has 34 heavy (non-hydrogen) atoms. The Morgan fingerprint density at radius 3 is 2.74 bits per heavy atom. The Morgan fingerprint density at radius 2 is 1.97 bits per heavy atom. The van der Waals surface area contributed by atoms with E-state index in [1.54, 1.807) is 14.2 Å². The van der Waals surface area contributed by atoms with Gasteiger partial charge in [-0.3, -0.25) is 0 Å². The number of amides is 2. The minimum Gasteiger partial charge on any atom is -0.493 e. The molecule has 8 heteroatoms. The van der Waals surface area contributed by atoms with Crippen LogP contribution in [0, 0.1) is 0 Å². The number of hydrogen-bond donors (Lipinski definition) is 1. The molecule has 1 unspecified atom stereocenters. The summed E-state index contributed by atoms with van der Waals surface area (Å²) in [7, 11) is 3.30. The van der Waals surface area contributed by atoms with Crippen LogP contribution in [0.4, 0.5) is 4.79 Å². The Hall–Kier alpha value is -2.32. The number of carbonyl (C=O) groups excluding carboxylic acids is 1. The van der Waals surface area contributed by atoms with E-state index in [9.17, 15) is 4.79 Å². The second kappa shape index (κ2) is 11.9. The van der Waals surface area contributed by atoms with Gasteiger partial charge in [-0.1, -0.05) is 6.92 Å². The van der Waals surface area contributed by atoms with Gasteiger partial charge in [-0.25, -0.2) is 9.78 Å². The predicted octanol–water partition coefficient (Wildman–Crippen LogP) is 4.28. The highest BCUT2D eigenvalue weighted by atomic mass is 32.1. The average Bonchev–Trinajstić information content (AvgIpc) is 3.34. The molecule has 0 radical (unpaired) electrons. The number of nitrogens with zero attached hydrogens (tertiary/aromatic N) is 3. The lowest BCUT2D eigenvalue weighted by molar-refractivity contribution is 0.175. The number of methoxy groups -OCH3 is 2. The van der Waals surface area contributed by atoms with E-state index >= 15 is 0 Å². The zero-order valence-corrected chi connectivity index (χ0v) is 21.6. The lowest BCUT2D eigenvalue weighted by Crippen LogP contribution is -2.43. The van der Waals surface area contributed by atoms with Gasteiger partial charge in [0.25, 0.3) is 0 Å². The highest BCUT2D eigenvalue weighted by Gasteiger charge is 2.25. The summed E-state index contributed by atoms with van der Waals surface area (Å²) in [5.41, 5.74) is 5.67. The number of aryl methyl sites for hydroxylation is 1. The van der Waals surface area contributed by atoms with E-state index in [-0.39, 0.29) is 6.03 Å². The minimum absolute atomic E-state index is 0.0239. The van der Waals surface area contributed by atoms with E-state index in [0.717, 1.165) is 69.6 Å². The standard InChI is InChI=1S/C26H38N4O3S/c1-4-11-29(21-7-8-22-25(16-21)34-18-28-22)12-6-5-10-27-26(31)30-13-9-19-14-23(32-2)24(33-3)15-20(19)17-30/h14-15,18,21H,4-13,16-17H2,1-3H3,(H,27,31). The molecule has 1 N–H and O–H groups in total. The number of nitrogens with one attached hydrogen (secondary N) is 1. The van der Waals surface area contributed by atoms with Crippen LogP contribution in [0.15, 0.2) is 17.6 Å². The van der Waals surface area contributed by atoms with E-state index in [1.807, 2.05) is 33.9 Å². The number of rotatable bonds is 10. The third kappa shape index (κ3) is 5.84. The number of unbranched alkanes of at least 4 members (excludes halogenated alkanes) is 1. The van der Waals surface area contributed by atoms with E-state index in [0.29, 0.717) is 18.3 Å². The van der Waals surface area contributed by atoms with Crippen molar-refractivity contribution >= 4 is 17.4 Å². The van der Waals surface area contributed by atoms with Gasteiger partial charge >= 0.3 is 6.03 Å². The van der Waals surface area contributed by atoms with Crippen molar-refractivity contribution in [3.63, 3.8) is 0 Å². The second-order valence-electron chi connectivity index (χ2n) is 9.24. The summed E-state index contributed by atoms with van der Waals surface area (Å²) in [6.07, 6.45) is 7.57. The van der Waals surface area contributed by atoms with E-state index < -0.39 is 0 Å². The van der Waals surface area contributed by atoms with Crippen LogP contribution in [-0.4, -0.2) is 67.3 Å². The number of aromatic nitrogens is 1. The van der Waals surface area contributed by atoms with Crippen LogP contribution in [0.25, 0.3) is 0 Å². The van der Waals surface area contributed by atoms with Crippen molar-refractivity contribution in [3.05, 3.63) is 39.3 Å². The molecule has 1 aliphatic carbocycles.